The quantitative estimate of drug-likeness (QED) is 0.119. The van der Waals surface area contributed by atoms with E-state index in [1.807, 2.05) is 26.0 Å². The molecule has 1 aliphatic heterocycles. The number of likely N-dealkylation sites (N-methyl/N-ethyl adjacent to an activating group) is 1. The average Bonchev–Trinajstić information content (AvgIpc) is 3.14. The van der Waals surface area contributed by atoms with Gasteiger partial charge in [0.2, 0.25) is 11.8 Å². The van der Waals surface area contributed by atoms with Crippen LogP contribution in [0.2, 0.25) is 0 Å². The van der Waals surface area contributed by atoms with Crippen LogP contribution in [0.5, 0.6) is 5.75 Å². The third-order valence-corrected chi connectivity index (χ3v) is 10.7. The van der Waals surface area contributed by atoms with Crippen LogP contribution in [0.1, 0.15) is 115 Å². The van der Waals surface area contributed by atoms with Crippen molar-refractivity contribution in [2.75, 3.05) is 56.3 Å². The lowest BCUT2D eigenvalue weighted by Gasteiger charge is -2.36. The fraction of sp³-hybridized carbons (Fsp3) is 0.643. The van der Waals surface area contributed by atoms with Gasteiger partial charge in [0.15, 0.2) is 0 Å². The standard InChI is InChI=1S/C42H65N5O6/c1-30-26-47(31(2)29-48)42(51)35-25-34(44-40(49)20-9-6-10-21-41(50)45-37-19-12-11-18-36(37)43)22-23-38(35)53-32(3)15-13-14-24-52-39(30)28-46(4)27-33-16-7-5-8-17-33/h11-12,18-19,22-23,25,30-33,39,48H,5-10,13-17,20-21,24,26-29,43H2,1-4H3,(H,44,49)(H,45,50)/t30-,31+,32+,39+/m0/s1. The summed E-state index contributed by atoms with van der Waals surface area (Å²) in [7, 11) is 2.18. The van der Waals surface area contributed by atoms with Gasteiger partial charge in [0.05, 0.1) is 41.8 Å². The molecule has 5 N–H and O–H groups in total. The third kappa shape index (κ3) is 13.9. The Labute approximate surface area is 317 Å². The highest BCUT2D eigenvalue weighted by Gasteiger charge is 2.31. The number of ether oxygens (including phenoxy) is 2. The highest BCUT2D eigenvalue weighted by atomic mass is 16.5. The SMILES string of the molecule is C[C@@H]1CCCCO[C@H](CN(C)CC2CCCCC2)[C@@H](C)CN([C@H](C)CO)C(=O)c2cc(NC(=O)CCCCCC(=O)Nc3ccccc3N)ccc2O1. The van der Waals surface area contributed by atoms with Crippen LogP contribution in [0.15, 0.2) is 42.5 Å². The smallest absolute Gasteiger partial charge is 0.258 e. The molecule has 0 saturated heterocycles. The van der Waals surface area contributed by atoms with E-state index in [4.69, 9.17) is 15.2 Å². The van der Waals surface area contributed by atoms with Crippen molar-refractivity contribution >= 4 is 34.8 Å². The van der Waals surface area contributed by atoms with Crippen LogP contribution in [0.3, 0.4) is 0 Å². The number of aliphatic hydroxyl groups is 1. The molecule has 11 nitrogen and oxygen atoms in total. The molecule has 2 aliphatic rings. The van der Waals surface area contributed by atoms with Crippen LogP contribution < -0.4 is 21.1 Å². The normalized spacial score (nSPS) is 21.3. The van der Waals surface area contributed by atoms with Gasteiger partial charge in [0, 0.05) is 50.7 Å². The molecule has 0 spiro atoms. The van der Waals surface area contributed by atoms with Crippen molar-refractivity contribution in [2.45, 2.75) is 122 Å². The number of fused-ring (bicyclic) bond motifs is 1. The summed E-state index contributed by atoms with van der Waals surface area (Å²) >= 11 is 0. The summed E-state index contributed by atoms with van der Waals surface area (Å²) in [6, 6.07) is 11.9. The number of carbonyl (C=O) groups excluding carboxylic acids is 3. The predicted molar refractivity (Wildman–Crippen MR) is 212 cm³/mol. The van der Waals surface area contributed by atoms with Gasteiger partial charge in [-0.05, 0) is 102 Å². The minimum atomic E-state index is -0.436. The molecule has 4 rings (SSSR count). The molecule has 2 aromatic carbocycles. The first-order valence-corrected chi connectivity index (χ1v) is 20.0. The summed E-state index contributed by atoms with van der Waals surface area (Å²) in [5, 5.41) is 16.1. The zero-order valence-corrected chi connectivity index (χ0v) is 32.6. The predicted octanol–water partition coefficient (Wildman–Crippen LogP) is 7.10. The number of nitrogens with two attached hydrogens (primary N) is 1. The lowest BCUT2D eigenvalue weighted by molar-refractivity contribution is -0.116. The molecular weight excluding hydrogens is 670 g/mol. The highest BCUT2D eigenvalue weighted by Crippen LogP contribution is 2.29. The number of carbonyl (C=O) groups is 3. The second-order valence-corrected chi connectivity index (χ2v) is 15.5. The van der Waals surface area contributed by atoms with Gasteiger partial charge >= 0.3 is 0 Å². The highest BCUT2D eigenvalue weighted by molar-refractivity contribution is 6.00. The number of hydrogen-bond donors (Lipinski definition) is 4. The van der Waals surface area contributed by atoms with Gasteiger partial charge in [-0.1, -0.05) is 44.7 Å². The monoisotopic (exact) mass is 735 g/mol. The van der Waals surface area contributed by atoms with Crippen LogP contribution in [0.25, 0.3) is 0 Å². The first kappa shape index (κ1) is 42.1. The summed E-state index contributed by atoms with van der Waals surface area (Å²) in [6.07, 6.45) is 11.6. The summed E-state index contributed by atoms with van der Waals surface area (Å²) in [5.41, 5.74) is 7.90. The van der Waals surface area contributed by atoms with Gasteiger partial charge in [0.25, 0.3) is 5.91 Å². The molecule has 1 aliphatic carbocycles. The number of nitrogen functional groups attached to an aromatic ring is 1. The summed E-state index contributed by atoms with van der Waals surface area (Å²) in [4.78, 5) is 43.9. The number of rotatable bonds is 14. The maximum atomic E-state index is 14.5. The van der Waals surface area contributed by atoms with E-state index < -0.39 is 6.04 Å². The number of nitrogens with zero attached hydrogens (tertiary/aromatic N) is 2. The van der Waals surface area contributed by atoms with Gasteiger partial charge in [-0.3, -0.25) is 14.4 Å². The lowest BCUT2D eigenvalue weighted by Crippen LogP contribution is -2.47. The molecule has 1 fully saturated rings. The minimum absolute atomic E-state index is 0.0124. The fourth-order valence-corrected chi connectivity index (χ4v) is 7.45. The Bertz CT molecular complexity index is 1450. The molecule has 1 heterocycles. The van der Waals surface area contributed by atoms with Gasteiger partial charge in [-0.25, -0.2) is 0 Å². The van der Waals surface area contributed by atoms with Gasteiger partial charge in [-0.2, -0.15) is 0 Å². The number of aliphatic hydroxyl groups excluding tert-OH is 1. The van der Waals surface area contributed by atoms with E-state index in [1.165, 1.54) is 32.1 Å². The number of amides is 3. The first-order valence-electron chi connectivity index (χ1n) is 20.0. The number of benzene rings is 2. The molecule has 0 bridgehead atoms. The molecule has 0 aromatic heterocycles. The average molecular weight is 736 g/mol. The van der Waals surface area contributed by atoms with Crippen molar-refractivity contribution in [3.8, 4) is 5.75 Å². The number of anilines is 3. The molecular formula is C42H65N5O6. The third-order valence-electron chi connectivity index (χ3n) is 10.7. The van der Waals surface area contributed by atoms with E-state index in [9.17, 15) is 19.5 Å². The number of para-hydroxylation sites is 2. The lowest BCUT2D eigenvalue weighted by atomic mass is 9.89. The molecule has 0 unspecified atom stereocenters. The van der Waals surface area contributed by atoms with Crippen molar-refractivity contribution in [1.29, 1.82) is 0 Å². The van der Waals surface area contributed by atoms with Crippen molar-refractivity contribution in [3.63, 3.8) is 0 Å². The van der Waals surface area contributed by atoms with Gasteiger partial charge < -0.3 is 40.7 Å². The van der Waals surface area contributed by atoms with E-state index in [0.29, 0.717) is 67.2 Å². The Kier molecular flexibility index (Phi) is 17.4. The Hall–Kier alpha value is -3.67. The second-order valence-electron chi connectivity index (χ2n) is 15.5. The van der Waals surface area contributed by atoms with Gasteiger partial charge in [-0.15, -0.1) is 0 Å². The molecule has 1 saturated carbocycles. The molecule has 2 aromatic rings. The van der Waals surface area contributed by atoms with Crippen molar-refractivity contribution < 1.29 is 29.0 Å². The summed E-state index contributed by atoms with van der Waals surface area (Å²) < 4.78 is 12.9. The van der Waals surface area contributed by atoms with Crippen LogP contribution in [0.4, 0.5) is 17.1 Å². The topological polar surface area (TPSA) is 146 Å². The van der Waals surface area contributed by atoms with Crippen LogP contribution in [-0.2, 0) is 14.3 Å². The largest absolute Gasteiger partial charge is 0.490 e. The maximum absolute atomic E-state index is 14.5. The molecule has 3 amide bonds. The number of nitrogens with one attached hydrogen (secondary N) is 2. The molecule has 4 atom stereocenters. The van der Waals surface area contributed by atoms with Crippen molar-refractivity contribution in [1.82, 2.24) is 9.80 Å². The van der Waals surface area contributed by atoms with E-state index in [1.54, 1.807) is 35.2 Å². The Balaban J connectivity index is 1.40. The zero-order valence-electron chi connectivity index (χ0n) is 32.6. The van der Waals surface area contributed by atoms with E-state index in [-0.39, 0.29) is 48.9 Å². The van der Waals surface area contributed by atoms with Crippen LogP contribution >= 0.6 is 0 Å². The van der Waals surface area contributed by atoms with Gasteiger partial charge in [0.1, 0.15) is 5.75 Å². The first-order chi connectivity index (χ1) is 25.5. The van der Waals surface area contributed by atoms with Crippen molar-refractivity contribution in [3.05, 3.63) is 48.0 Å². The van der Waals surface area contributed by atoms with Crippen LogP contribution in [0, 0.1) is 11.8 Å². The number of hydrogen-bond acceptors (Lipinski definition) is 8. The Morgan fingerprint density at radius 2 is 1.64 bits per heavy atom. The van der Waals surface area contributed by atoms with E-state index >= 15 is 0 Å². The summed E-state index contributed by atoms with van der Waals surface area (Å²) in [6.45, 7) is 8.72. The molecule has 53 heavy (non-hydrogen) atoms. The number of unbranched alkanes of at least 4 members (excludes halogenated alkanes) is 2. The summed E-state index contributed by atoms with van der Waals surface area (Å²) in [5.74, 6) is 0.678. The second kappa shape index (κ2) is 21.9. The van der Waals surface area contributed by atoms with E-state index in [2.05, 4.69) is 29.5 Å². The van der Waals surface area contributed by atoms with E-state index in [0.717, 1.165) is 38.3 Å². The minimum Gasteiger partial charge on any atom is -0.490 e. The molecule has 294 valence electrons. The Morgan fingerprint density at radius 3 is 2.36 bits per heavy atom. The maximum Gasteiger partial charge on any atom is 0.258 e. The van der Waals surface area contributed by atoms with Crippen molar-refractivity contribution in [2.24, 2.45) is 11.8 Å². The molecule has 0 radical (unpaired) electrons. The zero-order chi connectivity index (χ0) is 38.2. The van der Waals surface area contributed by atoms with Crippen LogP contribution in [-0.4, -0.2) is 90.8 Å². The fourth-order valence-electron chi connectivity index (χ4n) is 7.45. The molecule has 11 heteroatoms. The Morgan fingerprint density at radius 1 is 0.943 bits per heavy atom.